The van der Waals surface area contributed by atoms with Crippen LogP contribution < -0.4 is 5.32 Å². The van der Waals surface area contributed by atoms with Crippen molar-refractivity contribution in [1.29, 1.82) is 0 Å². The maximum absolute atomic E-state index is 12.5. The minimum atomic E-state index is -0.235. The second-order valence-corrected chi connectivity index (χ2v) is 6.07. The van der Waals surface area contributed by atoms with Crippen molar-refractivity contribution in [3.8, 4) is 0 Å². The van der Waals surface area contributed by atoms with Crippen LogP contribution in [0, 0.1) is 6.92 Å². The highest BCUT2D eigenvalue weighted by Crippen LogP contribution is 2.22. The fraction of sp³-hybridized carbons (Fsp3) is 0.412. The molecule has 0 bridgehead atoms. The van der Waals surface area contributed by atoms with Crippen molar-refractivity contribution in [2.75, 3.05) is 19.4 Å². The summed E-state index contributed by atoms with van der Waals surface area (Å²) in [5.74, 6) is 0.489. The van der Waals surface area contributed by atoms with E-state index in [0.29, 0.717) is 11.5 Å². The van der Waals surface area contributed by atoms with Crippen LogP contribution in [0.5, 0.6) is 0 Å². The van der Waals surface area contributed by atoms with E-state index in [-0.39, 0.29) is 11.8 Å². The lowest BCUT2D eigenvalue weighted by molar-refractivity contribution is 0.102. The SMILES string of the molecule is Cc1ccc(NC(=O)c2ncoc2C(C)C)c(CN(C)C)c1. The molecule has 1 aromatic heterocycles. The van der Waals surface area contributed by atoms with E-state index >= 15 is 0 Å². The Labute approximate surface area is 131 Å². The van der Waals surface area contributed by atoms with Crippen LogP contribution in [0.4, 0.5) is 5.69 Å². The van der Waals surface area contributed by atoms with Gasteiger partial charge in [-0.05, 0) is 32.6 Å². The summed E-state index contributed by atoms with van der Waals surface area (Å²) in [5.41, 5.74) is 3.40. The molecule has 2 rings (SSSR count). The van der Waals surface area contributed by atoms with Gasteiger partial charge in [0.05, 0.1) is 0 Å². The maximum atomic E-state index is 12.5. The predicted molar refractivity (Wildman–Crippen MR) is 87.1 cm³/mol. The molecule has 0 radical (unpaired) electrons. The minimum absolute atomic E-state index is 0.113. The Bertz CT molecular complexity index is 660. The van der Waals surface area contributed by atoms with Crippen LogP contribution in [0.3, 0.4) is 0 Å². The first-order valence-corrected chi connectivity index (χ1v) is 7.37. The van der Waals surface area contributed by atoms with Crippen molar-refractivity contribution < 1.29 is 9.21 Å². The third kappa shape index (κ3) is 3.74. The summed E-state index contributed by atoms with van der Waals surface area (Å²) in [6.45, 7) is 6.74. The molecule has 0 saturated heterocycles. The molecule has 22 heavy (non-hydrogen) atoms. The van der Waals surface area contributed by atoms with Crippen molar-refractivity contribution in [3.05, 3.63) is 47.2 Å². The molecular weight excluding hydrogens is 278 g/mol. The van der Waals surface area contributed by atoms with Crippen molar-refractivity contribution in [2.45, 2.75) is 33.2 Å². The number of amides is 1. The zero-order valence-corrected chi connectivity index (χ0v) is 13.8. The monoisotopic (exact) mass is 301 g/mol. The number of aryl methyl sites for hydroxylation is 1. The number of nitrogens with zero attached hydrogens (tertiary/aromatic N) is 2. The van der Waals surface area contributed by atoms with Gasteiger partial charge in [-0.1, -0.05) is 31.5 Å². The van der Waals surface area contributed by atoms with Gasteiger partial charge in [-0.2, -0.15) is 0 Å². The number of nitrogens with one attached hydrogen (secondary N) is 1. The lowest BCUT2D eigenvalue weighted by atomic mass is 10.1. The zero-order chi connectivity index (χ0) is 16.3. The molecule has 1 N–H and O–H groups in total. The molecule has 5 heteroatoms. The van der Waals surface area contributed by atoms with Crippen LogP contribution in [0.2, 0.25) is 0 Å². The molecule has 0 aliphatic heterocycles. The van der Waals surface area contributed by atoms with E-state index in [0.717, 1.165) is 17.8 Å². The van der Waals surface area contributed by atoms with Gasteiger partial charge >= 0.3 is 0 Å². The second-order valence-electron chi connectivity index (χ2n) is 6.07. The summed E-state index contributed by atoms with van der Waals surface area (Å²) in [5, 5.41) is 2.95. The molecule has 0 aliphatic carbocycles. The van der Waals surface area contributed by atoms with E-state index in [1.54, 1.807) is 0 Å². The summed E-state index contributed by atoms with van der Waals surface area (Å²) in [6.07, 6.45) is 1.32. The zero-order valence-electron chi connectivity index (χ0n) is 13.8. The quantitative estimate of drug-likeness (QED) is 0.919. The lowest BCUT2D eigenvalue weighted by Crippen LogP contribution is -2.18. The van der Waals surface area contributed by atoms with Gasteiger partial charge in [-0.3, -0.25) is 4.79 Å². The van der Waals surface area contributed by atoms with Crippen molar-refractivity contribution in [3.63, 3.8) is 0 Å². The molecule has 0 saturated carbocycles. The number of aromatic nitrogens is 1. The minimum Gasteiger partial charge on any atom is -0.447 e. The highest BCUT2D eigenvalue weighted by atomic mass is 16.3. The normalized spacial score (nSPS) is 11.2. The molecule has 1 aromatic carbocycles. The largest absolute Gasteiger partial charge is 0.447 e. The summed E-state index contributed by atoms with van der Waals surface area (Å²) in [4.78, 5) is 18.6. The fourth-order valence-electron chi connectivity index (χ4n) is 2.33. The molecular formula is C17H23N3O2. The summed E-state index contributed by atoms with van der Waals surface area (Å²) in [7, 11) is 4.00. The van der Waals surface area contributed by atoms with Gasteiger partial charge < -0.3 is 14.6 Å². The first-order valence-electron chi connectivity index (χ1n) is 7.37. The number of benzene rings is 1. The summed E-state index contributed by atoms with van der Waals surface area (Å²) < 4.78 is 5.32. The number of carbonyl (C=O) groups excluding carboxylic acids is 1. The van der Waals surface area contributed by atoms with Gasteiger partial charge in [0.15, 0.2) is 12.1 Å². The van der Waals surface area contributed by atoms with Gasteiger partial charge in [-0.25, -0.2) is 4.98 Å². The third-order valence-corrected chi connectivity index (χ3v) is 3.33. The van der Waals surface area contributed by atoms with Crippen molar-refractivity contribution in [1.82, 2.24) is 9.88 Å². The van der Waals surface area contributed by atoms with Crippen LogP contribution >= 0.6 is 0 Å². The standard InChI is InChI=1S/C17H23N3O2/c1-11(2)16-15(18-10-22-16)17(21)19-14-7-6-12(3)8-13(14)9-20(4)5/h6-8,10-11H,9H2,1-5H3,(H,19,21). The third-order valence-electron chi connectivity index (χ3n) is 3.33. The smallest absolute Gasteiger partial charge is 0.277 e. The number of oxazole rings is 1. The maximum Gasteiger partial charge on any atom is 0.277 e. The molecule has 118 valence electrons. The summed E-state index contributed by atoms with van der Waals surface area (Å²) >= 11 is 0. The van der Waals surface area contributed by atoms with Crippen LogP contribution in [0.25, 0.3) is 0 Å². The topological polar surface area (TPSA) is 58.4 Å². The Morgan fingerprint density at radius 2 is 2.09 bits per heavy atom. The molecule has 0 atom stereocenters. The average Bonchev–Trinajstić information content (AvgIpc) is 2.90. The predicted octanol–water partition coefficient (Wildman–Crippen LogP) is 3.42. The van der Waals surface area contributed by atoms with Gasteiger partial charge in [0, 0.05) is 18.2 Å². The molecule has 0 unspecified atom stereocenters. The van der Waals surface area contributed by atoms with E-state index in [2.05, 4.69) is 21.3 Å². The Kier molecular flexibility index (Phi) is 4.98. The van der Waals surface area contributed by atoms with E-state index in [9.17, 15) is 4.79 Å². The molecule has 2 aromatic rings. The van der Waals surface area contributed by atoms with Crippen LogP contribution in [0.15, 0.2) is 29.0 Å². The van der Waals surface area contributed by atoms with E-state index in [1.165, 1.54) is 12.0 Å². The number of rotatable bonds is 5. The lowest BCUT2D eigenvalue weighted by Gasteiger charge is -2.15. The number of hydrogen-bond donors (Lipinski definition) is 1. The Balaban J connectivity index is 2.26. The summed E-state index contributed by atoms with van der Waals surface area (Å²) in [6, 6.07) is 6.00. The first-order chi connectivity index (χ1) is 10.4. The Hall–Kier alpha value is -2.14. The van der Waals surface area contributed by atoms with Crippen LogP contribution in [0.1, 0.15) is 47.1 Å². The Morgan fingerprint density at radius 3 is 2.73 bits per heavy atom. The van der Waals surface area contributed by atoms with Gasteiger partial charge in [0.2, 0.25) is 0 Å². The fourth-order valence-corrected chi connectivity index (χ4v) is 2.33. The molecule has 1 heterocycles. The molecule has 1 amide bonds. The van der Waals surface area contributed by atoms with Gasteiger partial charge in [0.1, 0.15) is 5.76 Å². The van der Waals surface area contributed by atoms with Crippen LogP contribution in [-0.2, 0) is 6.54 Å². The molecule has 5 nitrogen and oxygen atoms in total. The second kappa shape index (κ2) is 6.75. The number of hydrogen-bond acceptors (Lipinski definition) is 4. The van der Waals surface area contributed by atoms with E-state index in [1.807, 2.05) is 47.0 Å². The van der Waals surface area contributed by atoms with E-state index < -0.39 is 0 Å². The van der Waals surface area contributed by atoms with Crippen molar-refractivity contribution in [2.24, 2.45) is 0 Å². The average molecular weight is 301 g/mol. The first kappa shape index (κ1) is 16.2. The molecule has 0 spiro atoms. The van der Waals surface area contributed by atoms with E-state index in [4.69, 9.17) is 4.42 Å². The highest BCUT2D eigenvalue weighted by Gasteiger charge is 2.20. The number of carbonyl (C=O) groups is 1. The highest BCUT2D eigenvalue weighted by molar-refractivity contribution is 6.04. The van der Waals surface area contributed by atoms with Crippen molar-refractivity contribution >= 4 is 11.6 Å². The Morgan fingerprint density at radius 1 is 1.36 bits per heavy atom. The molecule has 0 fully saturated rings. The van der Waals surface area contributed by atoms with Gasteiger partial charge in [-0.15, -0.1) is 0 Å². The van der Waals surface area contributed by atoms with Crippen LogP contribution in [-0.4, -0.2) is 29.9 Å². The number of anilines is 1. The molecule has 0 aliphatic rings. The van der Waals surface area contributed by atoms with Gasteiger partial charge in [0.25, 0.3) is 5.91 Å².